The summed E-state index contributed by atoms with van der Waals surface area (Å²) >= 11 is 0. The number of rotatable bonds is 4. The third-order valence-electron chi connectivity index (χ3n) is 6.35. The molecule has 3 heterocycles. The standard InChI is InChI=1S/C15H13FN4O2.C10H11FN4O/c1-2-12-11-4-3-9(16)7-13(11)20(18-12)15-17-14(22-19-15)8-5-10(21)6-8;1-2-8-7-4-3-6(11)5-9(7)15(13-8)10(12)14-16/h3-4,7-8H,2,5-6H2,1H3;3-5,16H,2H2,1H3,(H2,12,14). The highest BCUT2D eigenvalue weighted by Gasteiger charge is 2.33. The topological polar surface area (TPSA) is 150 Å². The summed E-state index contributed by atoms with van der Waals surface area (Å²) < 4.78 is 34.6. The van der Waals surface area contributed by atoms with Gasteiger partial charge >= 0.3 is 0 Å². The summed E-state index contributed by atoms with van der Waals surface area (Å²) in [4.78, 5) is 15.4. The van der Waals surface area contributed by atoms with E-state index in [0.717, 1.165) is 28.6 Å². The molecule has 3 N–H and O–H groups in total. The molecule has 5 aromatic rings. The average molecular weight is 523 g/mol. The summed E-state index contributed by atoms with van der Waals surface area (Å²) in [6.45, 7) is 3.92. The van der Waals surface area contributed by atoms with Gasteiger partial charge in [-0.1, -0.05) is 13.8 Å². The summed E-state index contributed by atoms with van der Waals surface area (Å²) in [5.74, 6) is -0.0121. The molecule has 0 aliphatic heterocycles. The maximum atomic E-state index is 13.5. The average Bonchev–Trinajstić information content (AvgIpc) is 3.61. The monoisotopic (exact) mass is 522 g/mol. The lowest BCUT2D eigenvalue weighted by atomic mass is 9.84. The first-order valence-electron chi connectivity index (χ1n) is 12.0. The molecule has 3 aromatic heterocycles. The largest absolute Gasteiger partial charge is 0.408 e. The van der Waals surface area contributed by atoms with Crippen LogP contribution in [0.1, 0.15) is 49.9 Å². The third-order valence-corrected chi connectivity index (χ3v) is 6.35. The second-order valence-electron chi connectivity index (χ2n) is 8.78. The van der Waals surface area contributed by atoms with Crippen LogP contribution in [0.2, 0.25) is 0 Å². The number of benzene rings is 2. The van der Waals surface area contributed by atoms with Crippen LogP contribution in [0.5, 0.6) is 0 Å². The van der Waals surface area contributed by atoms with Crippen LogP contribution in [0.15, 0.2) is 46.1 Å². The van der Waals surface area contributed by atoms with Crippen LogP contribution in [-0.2, 0) is 17.6 Å². The lowest BCUT2D eigenvalue weighted by Gasteiger charge is -2.19. The van der Waals surface area contributed by atoms with Gasteiger partial charge in [-0.25, -0.2) is 8.78 Å². The molecule has 0 amide bonds. The molecule has 13 heteroatoms. The number of halogens is 2. The Hall–Kier alpha value is -4.68. The Morgan fingerprint density at radius 3 is 2.26 bits per heavy atom. The van der Waals surface area contributed by atoms with Crippen molar-refractivity contribution in [2.75, 3.05) is 0 Å². The highest BCUT2D eigenvalue weighted by molar-refractivity contribution is 5.93. The number of ketones is 1. The number of oxime groups is 1. The second kappa shape index (κ2) is 10.00. The minimum absolute atomic E-state index is 0.00189. The molecule has 38 heavy (non-hydrogen) atoms. The van der Waals surface area contributed by atoms with Crippen molar-refractivity contribution in [1.82, 2.24) is 29.7 Å². The molecule has 0 spiro atoms. The number of hydrogen-bond donors (Lipinski definition) is 2. The number of fused-ring (bicyclic) bond motifs is 2. The molecule has 6 rings (SSSR count). The van der Waals surface area contributed by atoms with Gasteiger partial charge in [0.1, 0.15) is 17.4 Å². The highest BCUT2D eigenvalue weighted by Crippen LogP contribution is 2.33. The van der Waals surface area contributed by atoms with Gasteiger partial charge in [0, 0.05) is 35.7 Å². The number of carbonyl (C=O) groups excluding carboxylic acids is 1. The second-order valence-corrected chi connectivity index (χ2v) is 8.78. The quantitative estimate of drug-likeness (QED) is 0.156. The lowest BCUT2D eigenvalue weighted by Crippen LogP contribution is -2.23. The third kappa shape index (κ3) is 4.46. The predicted octanol–water partition coefficient (Wildman–Crippen LogP) is 3.85. The van der Waals surface area contributed by atoms with Gasteiger partial charge in [0.05, 0.1) is 28.3 Å². The zero-order valence-electron chi connectivity index (χ0n) is 20.6. The molecule has 0 bridgehead atoms. The van der Waals surface area contributed by atoms with Crippen LogP contribution < -0.4 is 5.73 Å². The van der Waals surface area contributed by atoms with E-state index in [9.17, 15) is 13.6 Å². The van der Waals surface area contributed by atoms with E-state index in [1.807, 2.05) is 13.8 Å². The first-order chi connectivity index (χ1) is 18.3. The molecule has 0 atom stereocenters. The number of nitrogens with two attached hydrogens (primary N) is 1. The normalized spacial score (nSPS) is 14.1. The fourth-order valence-corrected chi connectivity index (χ4v) is 4.34. The number of carbonyl (C=O) groups is 1. The zero-order chi connectivity index (χ0) is 27.0. The van der Waals surface area contributed by atoms with E-state index in [2.05, 4.69) is 25.5 Å². The van der Waals surface area contributed by atoms with E-state index >= 15 is 0 Å². The van der Waals surface area contributed by atoms with Crippen molar-refractivity contribution >= 4 is 33.5 Å². The Kier molecular flexibility index (Phi) is 6.57. The Bertz CT molecular complexity index is 1680. The van der Waals surface area contributed by atoms with Gasteiger partial charge in [-0.2, -0.15) is 24.5 Å². The maximum absolute atomic E-state index is 13.5. The minimum atomic E-state index is -0.387. The van der Waals surface area contributed by atoms with Crippen molar-refractivity contribution < 1.29 is 23.3 Å². The molecular weight excluding hydrogens is 498 g/mol. The van der Waals surface area contributed by atoms with Gasteiger partial charge in [0.2, 0.25) is 5.89 Å². The van der Waals surface area contributed by atoms with E-state index in [1.165, 1.54) is 33.6 Å². The summed E-state index contributed by atoms with van der Waals surface area (Å²) in [6, 6.07) is 8.83. The van der Waals surface area contributed by atoms with Gasteiger partial charge in [-0.05, 0) is 47.4 Å². The molecule has 1 fully saturated rings. The van der Waals surface area contributed by atoms with Crippen LogP contribution in [0.25, 0.3) is 27.8 Å². The molecule has 1 saturated carbocycles. The van der Waals surface area contributed by atoms with Crippen molar-refractivity contribution in [3.8, 4) is 5.95 Å². The molecule has 0 radical (unpaired) electrons. The van der Waals surface area contributed by atoms with E-state index in [1.54, 1.807) is 12.1 Å². The molecule has 0 saturated heterocycles. The van der Waals surface area contributed by atoms with Gasteiger partial charge in [0.15, 0.2) is 0 Å². The highest BCUT2D eigenvalue weighted by atomic mass is 19.1. The number of nitrogens with zero attached hydrogens (tertiary/aromatic N) is 7. The summed E-state index contributed by atoms with van der Waals surface area (Å²) in [5.41, 5.74) is 8.18. The van der Waals surface area contributed by atoms with Crippen molar-refractivity contribution in [2.45, 2.75) is 45.4 Å². The van der Waals surface area contributed by atoms with Crippen LogP contribution in [0, 0.1) is 11.6 Å². The smallest absolute Gasteiger partial charge is 0.291 e. The lowest BCUT2D eigenvalue weighted by molar-refractivity contribution is -0.125. The Morgan fingerprint density at radius 2 is 1.66 bits per heavy atom. The maximum Gasteiger partial charge on any atom is 0.291 e. The summed E-state index contributed by atoms with van der Waals surface area (Å²) in [6.07, 6.45) is 2.29. The van der Waals surface area contributed by atoms with Crippen LogP contribution in [0.4, 0.5) is 8.78 Å². The molecule has 1 aliphatic rings. The fraction of sp³-hybridized carbons (Fsp3) is 0.280. The predicted molar refractivity (Wildman–Crippen MR) is 133 cm³/mol. The number of Topliss-reactive ketones (excluding diaryl/α,β-unsaturated/α-hetero) is 1. The zero-order valence-corrected chi connectivity index (χ0v) is 20.6. The van der Waals surface area contributed by atoms with Crippen molar-refractivity contribution in [3.05, 3.63) is 65.3 Å². The SMILES string of the molecule is CCc1nn(-c2noc(C3CC(=O)C3)n2)c2cc(F)ccc12.CCc1nn(/C(N)=N/O)c2cc(F)ccc12. The summed E-state index contributed by atoms with van der Waals surface area (Å²) in [5, 5.41) is 25.7. The van der Waals surface area contributed by atoms with E-state index in [4.69, 9.17) is 15.5 Å². The van der Waals surface area contributed by atoms with Gasteiger partial charge in [-0.15, -0.1) is 0 Å². The molecular formula is C25H24F2N8O3. The molecule has 11 nitrogen and oxygen atoms in total. The van der Waals surface area contributed by atoms with Crippen molar-refractivity contribution in [1.29, 1.82) is 0 Å². The van der Waals surface area contributed by atoms with E-state index < -0.39 is 0 Å². The van der Waals surface area contributed by atoms with Crippen molar-refractivity contribution in [2.24, 2.45) is 10.9 Å². The van der Waals surface area contributed by atoms with Crippen LogP contribution >= 0.6 is 0 Å². The first-order valence-corrected chi connectivity index (χ1v) is 12.0. The van der Waals surface area contributed by atoms with Gasteiger partial charge in [0.25, 0.3) is 11.9 Å². The van der Waals surface area contributed by atoms with Gasteiger partial charge < -0.3 is 15.5 Å². The van der Waals surface area contributed by atoms with Crippen LogP contribution in [0.3, 0.4) is 0 Å². The molecule has 1 aliphatic carbocycles. The minimum Gasteiger partial charge on any atom is -0.408 e. The number of hydrogen-bond acceptors (Lipinski definition) is 8. The van der Waals surface area contributed by atoms with Crippen LogP contribution in [-0.4, -0.2) is 46.7 Å². The summed E-state index contributed by atoms with van der Waals surface area (Å²) in [7, 11) is 0. The fourth-order valence-electron chi connectivity index (χ4n) is 4.34. The molecule has 196 valence electrons. The molecule has 2 aromatic carbocycles. The van der Waals surface area contributed by atoms with E-state index in [-0.39, 0.29) is 35.2 Å². The number of aryl methyl sites for hydroxylation is 2. The first kappa shape index (κ1) is 25.0. The Balaban J connectivity index is 0.000000163. The van der Waals surface area contributed by atoms with Gasteiger partial charge in [-0.3, -0.25) is 4.79 Å². The Labute approximate surface area is 214 Å². The Morgan fingerprint density at radius 1 is 1.05 bits per heavy atom. The van der Waals surface area contributed by atoms with Crippen molar-refractivity contribution in [3.63, 3.8) is 0 Å². The molecule has 0 unspecified atom stereocenters. The van der Waals surface area contributed by atoms with E-state index in [0.29, 0.717) is 36.2 Å². The number of aromatic nitrogens is 6.